The van der Waals surface area contributed by atoms with Crippen molar-refractivity contribution in [3.8, 4) is 0 Å². The molecular weight excluding hydrogens is 246 g/mol. The van der Waals surface area contributed by atoms with Crippen molar-refractivity contribution in [3.63, 3.8) is 0 Å². The van der Waals surface area contributed by atoms with Crippen molar-refractivity contribution in [1.29, 1.82) is 0 Å². The Balaban J connectivity index is 2.03. The van der Waals surface area contributed by atoms with Crippen LogP contribution < -0.4 is 4.90 Å². The minimum Gasteiger partial charge on any atom is -0.361 e. The van der Waals surface area contributed by atoms with E-state index in [4.69, 9.17) is 0 Å². The smallest absolute Gasteiger partial charge is 0.194 e. The average molecular weight is 259 g/mol. The summed E-state index contributed by atoms with van der Waals surface area (Å²) in [5, 5.41) is 11.9. The molecule has 0 atom stereocenters. The third-order valence-corrected chi connectivity index (χ3v) is 2.67. The van der Waals surface area contributed by atoms with Gasteiger partial charge in [0.15, 0.2) is 22.8 Å². The molecule has 0 fully saturated rings. The highest BCUT2D eigenvalue weighted by molar-refractivity contribution is 5.82. The summed E-state index contributed by atoms with van der Waals surface area (Å²) in [7, 11) is 5.57. The van der Waals surface area contributed by atoms with E-state index in [0.29, 0.717) is 12.4 Å². The van der Waals surface area contributed by atoms with Crippen LogP contribution in [0.2, 0.25) is 0 Å². The van der Waals surface area contributed by atoms with Crippen molar-refractivity contribution >= 4 is 17.0 Å². The maximum absolute atomic E-state index is 4.36. The summed E-state index contributed by atoms with van der Waals surface area (Å²) in [6.07, 6.45) is 3.24. The van der Waals surface area contributed by atoms with Crippen LogP contribution in [0.4, 0.5) is 5.82 Å². The first kappa shape index (κ1) is 11.5. The van der Waals surface area contributed by atoms with E-state index in [1.807, 2.05) is 23.6 Å². The molecule has 0 radical (unpaired) electrons. The Labute approximate surface area is 108 Å². The molecule has 9 heteroatoms. The second kappa shape index (κ2) is 4.26. The van der Waals surface area contributed by atoms with E-state index >= 15 is 0 Å². The highest BCUT2D eigenvalue weighted by Crippen LogP contribution is 2.19. The van der Waals surface area contributed by atoms with Crippen LogP contribution in [0.3, 0.4) is 0 Å². The van der Waals surface area contributed by atoms with Gasteiger partial charge in [0.25, 0.3) is 0 Å². The lowest BCUT2D eigenvalue weighted by Crippen LogP contribution is -2.11. The molecule has 3 rings (SSSR count). The molecule has 3 aromatic rings. The van der Waals surface area contributed by atoms with E-state index in [9.17, 15) is 0 Å². The molecular formula is C10H13N9. The number of anilines is 1. The van der Waals surface area contributed by atoms with Crippen molar-refractivity contribution < 1.29 is 0 Å². The van der Waals surface area contributed by atoms with Crippen LogP contribution in [0.25, 0.3) is 11.2 Å². The molecule has 0 bridgehead atoms. The molecule has 0 aromatic carbocycles. The molecule has 98 valence electrons. The molecule has 19 heavy (non-hydrogen) atoms. The van der Waals surface area contributed by atoms with Gasteiger partial charge in [-0.2, -0.15) is 4.80 Å². The fourth-order valence-corrected chi connectivity index (χ4v) is 1.85. The number of imidazole rings is 1. The number of aromatic nitrogens is 8. The Morgan fingerprint density at radius 1 is 1.21 bits per heavy atom. The van der Waals surface area contributed by atoms with Crippen LogP contribution in [-0.2, 0) is 13.6 Å². The molecule has 0 saturated carbocycles. The van der Waals surface area contributed by atoms with Gasteiger partial charge < -0.3 is 9.47 Å². The predicted molar refractivity (Wildman–Crippen MR) is 67.6 cm³/mol. The summed E-state index contributed by atoms with van der Waals surface area (Å²) in [5.74, 6) is 1.41. The van der Waals surface area contributed by atoms with Crippen molar-refractivity contribution in [2.24, 2.45) is 7.05 Å². The van der Waals surface area contributed by atoms with Gasteiger partial charge in [0.05, 0.1) is 19.9 Å². The van der Waals surface area contributed by atoms with Crippen LogP contribution >= 0.6 is 0 Å². The van der Waals surface area contributed by atoms with Crippen molar-refractivity contribution in [1.82, 2.24) is 39.7 Å². The second-order valence-electron chi connectivity index (χ2n) is 4.33. The summed E-state index contributed by atoms with van der Waals surface area (Å²) in [4.78, 5) is 16.2. The van der Waals surface area contributed by atoms with Gasteiger partial charge in [-0.25, -0.2) is 15.0 Å². The number of hydrogen-bond donors (Lipinski definition) is 0. The van der Waals surface area contributed by atoms with Crippen LogP contribution in [0.1, 0.15) is 5.82 Å². The van der Waals surface area contributed by atoms with Gasteiger partial charge in [0.2, 0.25) is 0 Å². The summed E-state index contributed by atoms with van der Waals surface area (Å²) in [6.45, 7) is 0.480. The van der Waals surface area contributed by atoms with Crippen LogP contribution in [0.5, 0.6) is 0 Å². The maximum atomic E-state index is 4.36. The summed E-state index contributed by atoms with van der Waals surface area (Å²) in [5.41, 5.74) is 1.52. The Kier molecular flexibility index (Phi) is 2.58. The van der Waals surface area contributed by atoms with Gasteiger partial charge in [-0.15, -0.1) is 10.2 Å². The zero-order valence-corrected chi connectivity index (χ0v) is 10.9. The molecule has 0 aliphatic rings. The SMILES string of the molecule is CN(C)c1ncnc2c1ncn2Cc1nnn(C)n1. The van der Waals surface area contributed by atoms with E-state index in [1.165, 1.54) is 11.1 Å². The normalized spacial score (nSPS) is 11.1. The van der Waals surface area contributed by atoms with Crippen molar-refractivity contribution in [2.45, 2.75) is 6.54 Å². The molecule has 0 amide bonds. The Morgan fingerprint density at radius 2 is 2.05 bits per heavy atom. The quantitative estimate of drug-likeness (QED) is 0.624. The number of hydrogen-bond acceptors (Lipinski definition) is 7. The molecule has 0 unspecified atom stereocenters. The first-order valence-electron chi connectivity index (χ1n) is 5.71. The summed E-state index contributed by atoms with van der Waals surface area (Å²) < 4.78 is 1.88. The molecule has 0 saturated heterocycles. The molecule has 3 aromatic heterocycles. The Morgan fingerprint density at radius 3 is 2.74 bits per heavy atom. The van der Waals surface area contributed by atoms with Crippen LogP contribution in [-0.4, -0.2) is 53.8 Å². The molecule has 0 aliphatic heterocycles. The Bertz CT molecular complexity index is 711. The summed E-state index contributed by atoms with van der Waals surface area (Å²) >= 11 is 0. The van der Waals surface area contributed by atoms with Gasteiger partial charge in [-0.05, 0) is 5.21 Å². The first-order chi connectivity index (χ1) is 9.15. The zero-order chi connectivity index (χ0) is 13.4. The highest BCUT2D eigenvalue weighted by Gasteiger charge is 2.12. The standard InChI is InChI=1S/C10H13N9/c1-17(2)9-8-10(12-5-11-9)19(6-13-8)4-7-14-16-18(3)15-7/h5-6H,4H2,1-3H3. The fourth-order valence-electron chi connectivity index (χ4n) is 1.85. The maximum Gasteiger partial charge on any atom is 0.194 e. The molecule has 0 spiro atoms. The van der Waals surface area contributed by atoms with Gasteiger partial charge in [0.1, 0.15) is 6.33 Å². The van der Waals surface area contributed by atoms with E-state index in [1.54, 1.807) is 13.4 Å². The van der Waals surface area contributed by atoms with Crippen molar-refractivity contribution in [3.05, 3.63) is 18.5 Å². The van der Waals surface area contributed by atoms with Crippen LogP contribution in [0, 0.1) is 0 Å². The molecule has 0 aliphatic carbocycles. The topological polar surface area (TPSA) is 90.4 Å². The summed E-state index contributed by atoms with van der Waals surface area (Å²) in [6, 6.07) is 0. The number of nitrogens with zero attached hydrogens (tertiary/aromatic N) is 9. The lowest BCUT2D eigenvalue weighted by Gasteiger charge is -2.10. The number of fused-ring (bicyclic) bond motifs is 1. The molecule has 0 N–H and O–H groups in total. The lowest BCUT2D eigenvalue weighted by molar-refractivity contribution is 0.625. The second-order valence-corrected chi connectivity index (χ2v) is 4.33. The lowest BCUT2D eigenvalue weighted by atomic mass is 10.4. The van der Waals surface area contributed by atoms with E-state index < -0.39 is 0 Å². The van der Waals surface area contributed by atoms with Gasteiger partial charge in [-0.3, -0.25) is 0 Å². The average Bonchev–Trinajstić information content (AvgIpc) is 2.97. The minimum atomic E-state index is 0.480. The predicted octanol–water partition coefficient (Wildman–Crippen LogP) is -0.536. The van der Waals surface area contributed by atoms with E-state index in [2.05, 4.69) is 30.4 Å². The van der Waals surface area contributed by atoms with Crippen LogP contribution in [0.15, 0.2) is 12.7 Å². The van der Waals surface area contributed by atoms with E-state index in [0.717, 1.165) is 17.0 Å². The Hall–Kier alpha value is -2.58. The van der Waals surface area contributed by atoms with Gasteiger partial charge in [0, 0.05) is 14.1 Å². The fraction of sp³-hybridized carbons (Fsp3) is 0.400. The largest absolute Gasteiger partial charge is 0.361 e. The van der Waals surface area contributed by atoms with Gasteiger partial charge >= 0.3 is 0 Å². The minimum absolute atomic E-state index is 0.480. The zero-order valence-electron chi connectivity index (χ0n) is 10.9. The van der Waals surface area contributed by atoms with Gasteiger partial charge in [-0.1, -0.05) is 0 Å². The number of tetrazole rings is 1. The van der Waals surface area contributed by atoms with E-state index in [-0.39, 0.29) is 0 Å². The third-order valence-electron chi connectivity index (χ3n) is 2.67. The number of rotatable bonds is 3. The van der Waals surface area contributed by atoms with Crippen molar-refractivity contribution in [2.75, 3.05) is 19.0 Å². The molecule has 3 heterocycles. The first-order valence-corrected chi connectivity index (χ1v) is 5.71. The third kappa shape index (κ3) is 1.98. The molecule has 9 nitrogen and oxygen atoms in total. The number of aryl methyl sites for hydroxylation is 1. The monoisotopic (exact) mass is 259 g/mol. The highest BCUT2D eigenvalue weighted by atomic mass is 15.6.